The van der Waals surface area contributed by atoms with Crippen molar-refractivity contribution in [3.63, 3.8) is 0 Å². The molecule has 1 aliphatic heterocycles. The fourth-order valence-electron chi connectivity index (χ4n) is 3.05. The average Bonchev–Trinajstić information content (AvgIpc) is 2.37. The number of carbonyl (C=O) groups is 1. The predicted octanol–water partition coefficient (Wildman–Crippen LogP) is 2.80. The number of ketones is 1. The van der Waals surface area contributed by atoms with E-state index < -0.39 is 0 Å². The Labute approximate surface area is 107 Å². The molecule has 0 amide bonds. The van der Waals surface area contributed by atoms with Crippen LogP contribution in [0.4, 0.5) is 5.69 Å². The predicted molar refractivity (Wildman–Crippen MR) is 70.4 cm³/mol. The Morgan fingerprint density at radius 3 is 2.61 bits per heavy atom. The minimum absolute atomic E-state index is 0.0341. The SMILES string of the molecule is Nc1ccc(C(=O)C2CCOC3(CCC3)C2)cc1. The summed E-state index contributed by atoms with van der Waals surface area (Å²) in [4.78, 5) is 12.4. The summed E-state index contributed by atoms with van der Waals surface area (Å²) < 4.78 is 5.86. The van der Waals surface area contributed by atoms with E-state index >= 15 is 0 Å². The molecule has 18 heavy (non-hydrogen) atoms. The highest BCUT2D eigenvalue weighted by Gasteiger charge is 2.44. The molecule has 1 aromatic rings. The Balaban J connectivity index is 1.74. The molecule has 0 aromatic heterocycles. The average molecular weight is 245 g/mol. The summed E-state index contributed by atoms with van der Waals surface area (Å²) in [5.41, 5.74) is 7.17. The summed E-state index contributed by atoms with van der Waals surface area (Å²) in [6.45, 7) is 0.728. The number of hydrogen-bond acceptors (Lipinski definition) is 3. The Hall–Kier alpha value is -1.35. The quantitative estimate of drug-likeness (QED) is 0.644. The highest BCUT2D eigenvalue weighted by molar-refractivity contribution is 5.98. The fourth-order valence-corrected chi connectivity index (χ4v) is 3.05. The van der Waals surface area contributed by atoms with E-state index in [9.17, 15) is 4.79 Å². The van der Waals surface area contributed by atoms with Crippen LogP contribution >= 0.6 is 0 Å². The lowest BCUT2D eigenvalue weighted by atomic mass is 9.70. The maximum Gasteiger partial charge on any atom is 0.166 e. The van der Waals surface area contributed by atoms with E-state index in [2.05, 4.69) is 0 Å². The lowest BCUT2D eigenvalue weighted by Crippen LogP contribution is -2.47. The van der Waals surface area contributed by atoms with Crippen LogP contribution in [0.15, 0.2) is 24.3 Å². The van der Waals surface area contributed by atoms with E-state index in [0.717, 1.165) is 37.9 Å². The van der Waals surface area contributed by atoms with Gasteiger partial charge in [-0.1, -0.05) is 0 Å². The summed E-state index contributed by atoms with van der Waals surface area (Å²) in [5.74, 6) is 0.382. The monoisotopic (exact) mass is 245 g/mol. The van der Waals surface area contributed by atoms with E-state index in [1.807, 2.05) is 12.1 Å². The van der Waals surface area contributed by atoms with Crippen molar-refractivity contribution in [3.05, 3.63) is 29.8 Å². The van der Waals surface area contributed by atoms with Gasteiger partial charge < -0.3 is 10.5 Å². The molecule has 3 rings (SSSR count). The number of ether oxygens (including phenoxy) is 1. The standard InChI is InChI=1S/C15H19NO2/c16-13-4-2-11(3-5-13)14(17)12-6-9-18-15(10-12)7-1-8-15/h2-5,12H,1,6-10,16H2. The molecular formula is C15H19NO2. The summed E-state index contributed by atoms with van der Waals surface area (Å²) >= 11 is 0. The van der Waals surface area contributed by atoms with Crippen molar-refractivity contribution in [1.29, 1.82) is 0 Å². The van der Waals surface area contributed by atoms with Crippen molar-refractivity contribution in [3.8, 4) is 0 Å². The highest BCUT2D eigenvalue weighted by Crippen LogP contribution is 2.44. The van der Waals surface area contributed by atoms with Gasteiger partial charge in [0.05, 0.1) is 5.60 Å². The van der Waals surface area contributed by atoms with Crippen LogP contribution in [0.2, 0.25) is 0 Å². The molecule has 3 heteroatoms. The van der Waals surface area contributed by atoms with Crippen LogP contribution in [0.3, 0.4) is 0 Å². The normalized spacial score (nSPS) is 25.7. The van der Waals surface area contributed by atoms with E-state index in [1.165, 1.54) is 6.42 Å². The summed E-state index contributed by atoms with van der Waals surface area (Å²) in [5, 5.41) is 0. The largest absolute Gasteiger partial charge is 0.399 e. The topological polar surface area (TPSA) is 52.3 Å². The van der Waals surface area contributed by atoms with Crippen LogP contribution in [-0.4, -0.2) is 18.0 Å². The van der Waals surface area contributed by atoms with Gasteiger partial charge in [0, 0.05) is 23.8 Å². The Morgan fingerprint density at radius 2 is 2.00 bits per heavy atom. The molecule has 1 saturated heterocycles. The Morgan fingerprint density at radius 1 is 1.28 bits per heavy atom. The second-order valence-corrected chi connectivity index (χ2v) is 5.56. The summed E-state index contributed by atoms with van der Waals surface area (Å²) in [6, 6.07) is 7.26. The second-order valence-electron chi connectivity index (χ2n) is 5.56. The number of nitrogens with two attached hydrogens (primary N) is 1. The molecule has 0 bridgehead atoms. The maximum absolute atomic E-state index is 12.4. The van der Waals surface area contributed by atoms with Crippen LogP contribution in [-0.2, 0) is 4.74 Å². The van der Waals surface area contributed by atoms with Gasteiger partial charge in [-0.15, -0.1) is 0 Å². The number of rotatable bonds is 2. The first-order chi connectivity index (χ1) is 8.69. The number of benzene rings is 1. The molecule has 3 nitrogen and oxygen atoms in total. The van der Waals surface area contributed by atoms with E-state index in [0.29, 0.717) is 5.69 Å². The van der Waals surface area contributed by atoms with Gasteiger partial charge in [-0.05, 0) is 56.4 Å². The van der Waals surface area contributed by atoms with E-state index in [4.69, 9.17) is 10.5 Å². The molecule has 1 unspecified atom stereocenters. The zero-order chi connectivity index (χ0) is 12.6. The van der Waals surface area contributed by atoms with Gasteiger partial charge in [-0.2, -0.15) is 0 Å². The van der Waals surface area contributed by atoms with Gasteiger partial charge in [-0.25, -0.2) is 0 Å². The number of carbonyl (C=O) groups excluding carboxylic acids is 1. The molecule has 2 N–H and O–H groups in total. The van der Waals surface area contributed by atoms with Crippen molar-refractivity contribution < 1.29 is 9.53 Å². The Kier molecular flexibility index (Phi) is 2.86. The fraction of sp³-hybridized carbons (Fsp3) is 0.533. The van der Waals surface area contributed by atoms with Gasteiger partial charge in [0.15, 0.2) is 5.78 Å². The zero-order valence-electron chi connectivity index (χ0n) is 10.5. The molecule has 2 fully saturated rings. The van der Waals surface area contributed by atoms with E-state index in [1.54, 1.807) is 12.1 Å². The van der Waals surface area contributed by atoms with E-state index in [-0.39, 0.29) is 17.3 Å². The molecule has 1 atom stereocenters. The molecule has 2 aliphatic rings. The molecule has 1 heterocycles. The molecular weight excluding hydrogens is 226 g/mol. The Bertz CT molecular complexity index is 448. The number of anilines is 1. The van der Waals surface area contributed by atoms with Crippen LogP contribution in [0.5, 0.6) is 0 Å². The first-order valence-corrected chi connectivity index (χ1v) is 6.72. The first kappa shape index (κ1) is 11.7. The first-order valence-electron chi connectivity index (χ1n) is 6.72. The van der Waals surface area contributed by atoms with Gasteiger partial charge in [-0.3, -0.25) is 4.79 Å². The van der Waals surface area contributed by atoms with Crippen LogP contribution in [0.1, 0.15) is 42.5 Å². The zero-order valence-corrected chi connectivity index (χ0v) is 10.5. The van der Waals surface area contributed by atoms with Crippen molar-refractivity contribution in [2.24, 2.45) is 5.92 Å². The third kappa shape index (κ3) is 2.03. The van der Waals surface area contributed by atoms with Gasteiger partial charge >= 0.3 is 0 Å². The number of hydrogen-bond donors (Lipinski definition) is 1. The molecule has 96 valence electrons. The highest BCUT2D eigenvalue weighted by atomic mass is 16.5. The summed E-state index contributed by atoms with van der Waals surface area (Å²) in [7, 11) is 0. The van der Waals surface area contributed by atoms with Crippen molar-refractivity contribution in [2.45, 2.75) is 37.7 Å². The maximum atomic E-state index is 12.4. The molecule has 1 aliphatic carbocycles. The van der Waals surface area contributed by atoms with Crippen molar-refractivity contribution >= 4 is 11.5 Å². The van der Waals surface area contributed by atoms with Crippen LogP contribution < -0.4 is 5.73 Å². The third-order valence-electron chi connectivity index (χ3n) is 4.32. The number of Topliss-reactive ketones (excluding diaryl/α,β-unsaturated/α-hetero) is 1. The van der Waals surface area contributed by atoms with Crippen LogP contribution in [0.25, 0.3) is 0 Å². The lowest BCUT2D eigenvalue weighted by molar-refractivity contribution is -0.137. The number of nitrogen functional groups attached to an aromatic ring is 1. The summed E-state index contributed by atoms with van der Waals surface area (Å²) in [6.07, 6.45) is 5.24. The van der Waals surface area contributed by atoms with Crippen LogP contribution in [0, 0.1) is 5.92 Å². The minimum atomic E-state index is 0.0341. The smallest absolute Gasteiger partial charge is 0.166 e. The molecule has 1 aromatic carbocycles. The van der Waals surface area contributed by atoms with Gasteiger partial charge in [0.1, 0.15) is 0 Å². The van der Waals surface area contributed by atoms with Gasteiger partial charge in [0.2, 0.25) is 0 Å². The molecule has 1 saturated carbocycles. The van der Waals surface area contributed by atoms with Crippen molar-refractivity contribution in [2.75, 3.05) is 12.3 Å². The minimum Gasteiger partial charge on any atom is -0.399 e. The third-order valence-corrected chi connectivity index (χ3v) is 4.32. The second kappa shape index (κ2) is 4.39. The van der Waals surface area contributed by atoms with Crippen molar-refractivity contribution in [1.82, 2.24) is 0 Å². The van der Waals surface area contributed by atoms with Gasteiger partial charge in [0.25, 0.3) is 0 Å². The molecule has 1 spiro atoms. The molecule has 0 radical (unpaired) electrons. The lowest BCUT2D eigenvalue weighted by Gasteiger charge is -2.46.